The van der Waals surface area contributed by atoms with E-state index in [1.54, 1.807) is 0 Å². The molecule has 0 aromatic heterocycles. The SMILES string of the molecule is CN1CCCC2CN(c3cc(Br)cc(C#N)c3)CCC21. The molecule has 106 valence electrons. The number of piperidine rings is 2. The summed E-state index contributed by atoms with van der Waals surface area (Å²) in [5.74, 6) is 0.770. The van der Waals surface area contributed by atoms with Crippen molar-refractivity contribution in [2.24, 2.45) is 5.92 Å². The third kappa shape index (κ3) is 2.70. The molecule has 0 radical (unpaired) electrons. The number of hydrogen-bond donors (Lipinski definition) is 0. The molecule has 2 fully saturated rings. The third-order valence-corrected chi connectivity index (χ3v) is 5.18. The Morgan fingerprint density at radius 3 is 2.90 bits per heavy atom. The van der Waals surface area contributed by atoms with Crippen LogP contribution < -0.4 is 4.90 Å². The summed E-state index contributed by atoms with van der Waals surface area (Å²) in [4.78, 5) is 4.99. The average molecular weight is 334 g/mol. The van der Waals surface area contributed by atoms with Crippen molar-refractivity contribution in [3.8, 4) is 6.07 Å². The maximum Gasteiger partial charge on any atom is 0.0992 e. The van der Waals surface area contributed by atoms with Gasteiger partial charge in [0.15, 0.2) is 0 Å². The summed E-state index contributed by atoms with van der Waals surface area (Å²) in [7, 11) is 2.26. The largest absolute Gasteiger partial charge is 0.371 e. The van der Waals surface area contributed by atoms with E-state index in [4.69, 9.17) is 5.26 Å². The Bertz CT molecular complexity index is 537. The maximum absolute atomic E-state index is 9.11. The molecule has 1 aromatic rings. The van der Waals surface area contributed by atoms with Crippen LogP contribution >= 0.6 is 15.9 Å². The summed E-state index contributed by atoms with van der Waals surface area (Å²) in [6, 6.07) is 9.02. The fraction of sp³-hybridized carbons (Fsp3) is 0.562. The van der Waals surface area contributed by atoms with Crippen molar-refractivity contribution in [3.05, 3.63) is 28.2 Å². The Balaban J connectivity index is 1.79. The number of halogens is 1. The van der Waals surface area contributed by atoms with Gasteiger partial charge in [0, 0.05) is 29.3 Å². The van der Waals surface area contributed by atoms with Gasteiger partial charge in [-0.05, 0) is 57.0 Å². The molecule has 1 aromatic carbocycles. The second-order valence-corrected chi connectivity index (χ2v) is 6.91. The van der Waals surface area contributed by atoms with Gasteiger partial charge in [-0.3, -0.25) is 0 Å². The van der Waals surface area contributed by atoms with Gasteiger partial charge in [-0.25, -0.2) is 0 Å². The van der Waals surface area contributed by atoms with E-state index >= 15 is 0 Å². The topological polar surface area (TPSA) is 30.3 Å². The number of rotatable bonds is 1. The third-order valence-electron chi connectivity index (χ3n) is 4.72. The van der Waals surface area contributed by atoms with Crippen LogP contribution in [0.2, 0.25) is 0 Å². The maximum atomic E-state index is 9.11. The van der Waals surface area contributed by atoms with Crippen molar-refractivity contribution < 1.29 is 0 Å². The van der Waals surface area contributed by atoms with E-state index < -0.39 is 0 Å². The van der Waals surface area contributed by atoms with E-state index in [0.717, 1.165) is 35.1 Å². The van der Waals surface area contributed by atoms with Gasteiger partial charge in [-0.15, -0.1) is 0 Å². The minimum atomic E-state index is 0.734. The quantitative estimate of drug-likeness (QED) is 0.790. The number of nitrogens with zero attached hydrogens (tertiary/aromatic N) is 3. The number of nitriles is 1. The molecule has 20 heavy (non-hydrogen) atoms. The molecule has 0 spiro atoms. The van der Waals surface area contributed by atoms with Crippen LogP contribution in [0.15, 0.2) is 22.7 Å². The Kier molecular flexibility index (Phi) is 4.00. The lowest BCUT2D eigenvalue weighted by Crippen LogP contribution is -2.52. The number of benzene rings is 1. The van der Waals surface area contributed by atoms with Gasteiger partial charge in [-0.1, -0.05) is 15.9 Å². The summed E-state index contributed by atoms with van der Waals surface area (Å²) in [6.07, 6.45) is 3.88. The summed E-state index contributed by atoms with van der Waals surface area (Å²) in [5.41, 5.74) is 1.92. The van der Waals surface area contributed by atoms with Crippen LogP contribution in [0.3, 0.4) is 0 Å². The van der Waals surface area contributed by atoms with E-state index in [-0.39, 0.29) is 0 Å². The van der Waals surface area contributed by atoms with Crippen LogP contribution in [0.1, 0.15) is 24.8 Å². The number of likely N-dealkylation sites (tertiary alicyclic amines) is 1. The monoisotopic (exact) mass is 333 g/mol. The molecule has 3 nitrogen and oxygen atoms in total. The zero-order valence-electron chi connectivity index (χ0n) is 11.8. The second kappa shape index (κ2) is 5.75. The van der Waals surface area contributed by atoms with Crippen molar-refractivity contribution in [2.45, 2.75) is 25.3 Å². The number of anilines is 1. The Hall–Kier alpha value is -1.05. The molecule has 3 rings (SSSR count). The van der Waals surface area contributed by atoms with Crippen LogP contribution in [0, 0.1) is 17.2 Å². The molecule has 0 aliphatic carbocycles. The highest BCUT2D eigenvalue weighted by molar-refractivity contribution is 9.10. The van der Waals surface area contributed by atoms with Crippen molar-refractivity contribution in [3.63, 3.8) is 0 Å². The van der Waals surface area contributed by atoms with Gasteiger partial charge in [0.25, 0.3) is 0 Å². The number of hydrogen-bond acceptors (Lipinski definition) is 3. The smallest absolute Gasteiger partial charge is 0.0992 e. The van der Waals surface area contributed by atoms with Crippen LogP contribution in [0.5, 0.6) is 0 Å². The van der Waals surface area contributed by atoms with E-state index in [1.807, 2.05) is 12.1 Å². The van der Waals surface area contributed by atoms with E-state index in [0.29, 0.717) is 0 Å². The first-order valence-corrected chi connectivity index (χ1v) is 8.12. The van der Waals surface area contributed by atoms with Crippen LogP contribution in [-0.2, 0) is 0 Å². The fourth-order valence-corrected chi connectivity index (χ4v) is 4.19. The highest BCUT2D eigenvalue weighted by Crippen LogP contribution is 2.33. The predicted octanol–water partition coefficient (Wildman–Crippen LogP) is 3.24. The van der Waals surface area contributed by atoms with Gasteiger partial charge in [0.05, 0.1) is 11.6 Å². The molecule has 2 heterocycles. The van der Waals surface area contributed by atoms with Crippen molar-refractivity contribution in [1.82, 2.24) is 4.90 Å². The summed E-state index contributed by atoms with van der Waals surface area (Å²) in [5, 5.41) is 9.11. The average Bonchev–Trinajstić information content (AvgIpc) is 2.46. The standard InChI is InChI=1S/C16H20BrN3/c1-19-5-2-3-13-11-20(6-4-16(13)19)15-8-12(10-18)7-14(17)9-15/h7-9,13,16H,2-6,11H2,1H3. The van der Waals surface area contributed by atoms with Gasteiger partial charge in [0.1, 0.15) is 0 Å². The van der Waals surface area contributed by atoms with Crippen LogP contribution in [-0.4, -0.2) is 37.6 Å². The summed E-state index contributed by atoms with van der Waals surface area (Å²) < 4.78 is 0.995. The van der Waals surface area contributed by atoms with Crippen LogP contribution in [0.4, 0.5) is 5.69 Å². The highest BCUT2D eigenvalue weighted by Gasteiger charge is 2.34. The Morgan fingerprint density at radius 1 is 1.25 bits per heavy atom. The lowest BCUT2D eigenvalue weighted by atomic mass is 9.84. The fourth-order valence-electron chi connectivity index (χ4n) is 3.71. The van der Waals surface area contributed by atoms with Crippen molar-refractivity contribution in [1.29, 1.82) is 5.26 Å². The second-order valence-electron chi connectivity index (χ2n) is 5.99. The Morgan fingerprint density at radius 2 is 2.10 bits per heavy atom. The van der Waals surface area contributed by atoms with Crippen molar-refractivity contribution >= 4 is 21.6 Å². The molecule has 0 saturated carbocycles. The van der Waals surface area contributed by atoms with E-state index in [2.05, 4.69) is 44.9 Å². The van der Waals surface area contributed by atoms with Gasteiger partial charge in [0.2, 0.25) is 0 Å². The first-order chi connectivity index (χ1) is 9.67. The summed E-state index contributed by atoms with van der Waals surface area (Å²) >= 11 is 3.51. The minimum Gasteiger partial charge on any atom is -0.371 e. The zero-order chi connectivity index (χ0) is 14.1. The molecule has 2 aliphatic heterocycles. The molecular weight excluding hydrogens is 314 g/mol. The normalized spacial score (nSPS) is 26.9. The first-order valence-electron chi connectivity index (χ1n) is 7.33. The predicted molar refractivity (Wildman–Crippen MR) is 84.8 cm³/mol. The van der Waals surface area contributed by atoms with Crippen LogP contribution in [0.25, 0.3) is 0 Å². The van der Waals surface area contributed by atoms with E-state index in [9.17, 15) is 0 Å². The molecule has 2 aliphatic rings. The zero-order valence-corrected chi connectivity index (χ0v) is 13.4. The van der Waals surface area contributed by atoms with Gasteiger partial charge < -0.3 is 9.80 Å². The molecule has 2 atom stereocenters. The lowest BCUT2D eigenvalue weighted by Gasteiger charge is -2.46. The highest BCUT2D eigenvalue weighted by atomic mass is 79.9. The Labute approximate surface area is 129 Å². The van der Waals surface area contributed by atoms with Gasteiger partial charge in [-0.2, -0.15) is 5.26 Å². The van der Waals surface area contributed by atoms with E-state index in [1.165, 1.54) is 31.5 Å². The van der Waals surface area contributed by atoms with Gasteiger partial charge >= 0.3 is 0 Å². The molecule has 2 saturated heterocycles. The molecule has 0 N–H and O–H groups in total. The lowest BCUT2D eigenvalue weighted by molar-refractivity contribution is 0.102. The molecular formula is C16H20BrN3. The molecule has 2 unspecified atom stereocenters. The first kappa shape index (κ1) is 13.9. The molecule has 4 heteroatoms. The number of fused-ring (bicyclic) bond motifs is 1. The molecule has 0 bridgehead atoms. The van der Waals surface area contributed by atoms with Crippen molar-refractivity contribution in [2.75, 3.05) is 31.6 Å². The minimum absolute atomic E-state index is 0.734. The summed E-state index contributed by atoms with van der Waals surface area (Å²) in [6.45, 7) is 3.46. The molecule has 0 amide bonds.